The molecule has 0 aliphatic heterocycles. The molecule has 1 N–H and O–H groups in total. The number of ether oxygens (including phenoxy) is 2. The largest absolute Gasteiger partial charge is 0.480 e. The van der Waals surface area contributed by atoms with Crippen LogP contribution in [0.3, 0.4) is 0 Å². The van der Waals surface area contributed by atoms with Crippen molar-refractivity contribution >= 4 is 59.7 Å². The van der Waals surface area contributed by atoms with Gasteiger partial charge in [-0.05, 0) is 74.7 Å². The van der Waals surface area contributed by atoms with Crippen molar-refractivity contribution in [2.75, 3.05) is 6.61 Å². The number of carbonyl (C=O) groups excluding carboxylic acids is 1. The second kappa shape index (κ2) is 8.13. The van der Waals surface area contributed by atoms with Crippen LogP contribution in [0.2, 0.25) is 0 Å². The van der Waals surface area contributed by atoms with E-state index in [-0.39, 0.29) is 17.9 Å². The van der Waals surface area contributed by atoms with Gasteiger partial charge >= 0.3 is 11.9 Å². The second-order valence-corrected chi connectivity index (χ2v) is 7.37. The zero-order valence-corrected chi connectivity index (χ0v) is 17.1. The maximum Gasteiger partial charge on any atom is 0.349 e. The number of hydrogen-bond acceptors (Lipinski definition) is 4. The van der Waals surface area contributed by atoms with Crippen molar-refractivity contribution in [3.63, 3.8) is 0 Å². The molecule has 2 rings (SSSR count). The molecule has 24 heavy (non-hydrogen) atoms. The summed E-state index contributed by atoms with van der Waals surface area (Å²) < 4.78 is 12.7. The normalized spacial score (nSPS) is 10.3. The molecule has 0 aliphatic rings. The van der Waals surface area contributed by atoms with E-state index in [4.69, 9.17) is 14.6 Å². The number of carboxylic acid groups (broad SMARTS) is 1. The average Bonchev–Trinajstić information content (AvgIpc) is 2.48. The Hall–Kier alpha value is -1.38. The Morgan fingerprint density at radius 1 is 1.08 bits per heavy atom. The predicted molar refractivity (Wildman–Crippen MR) is 98.8 cm³/mol. The minimum atomic E-state index is -1.06. The van der Waals surface area contributed by atoms with Gasteiger partial charge in [-0.1, -0.05) is 15.9 Å². The molecule has 126 valence electrons. The fraction of sp³-hybridized carbons (Fsp3) is 0.125. The summed E-state index contributed by atoms with van der Waals surface area (Å²) in [6.45, 7) is 1.57. The molecule has 0 saturated heterocycles. The van der Waals surface area contributed by atoms with E-state index >= 15 is 0 Å². The maximum atomic E-state index is 11.9. The summed E-state index contributed by atoms with van der Waals surface area (Å²) in [7, 11) is 0. The van der Waals surface area contributed by atoms with Crippen molar-refractivity contribution < 1.29 is 24.2 Å². The first-order chi connectivity index (χ1) is 11.3. The molecular formula is C16H11Br3O5. The van der Waals surface area contributed by atoms with Crippen LogP contribution in [-0.4, -0.2) is 23.7 Å². The molecule has 0 amide bonds. The zero-order valence-electron chi connectivity index (χ0n) is 12.3. The topological polar surface area (TPSA) is 72.8 Å². The smallest absolute Gasteiger partial charge is 0.349 e. The third-order valence-corrected chi connectivity index (χ3v) is 4.60. The van der Waals surface area contributed by atoms with Gasteiger partial charge in [0.25, 0.3) is 0 Å². The summed E-state index contributed by atoms with van der Waals surface area (Å²) in [6, 6.07) is 7.81. The highest BCUT2D eigenvalue weighted by atomic mass is 79.9. The van der Waals surface area contributed by atoms with E-state index in [1.165, 1.54) is 18.2 Å². The van der Waals surface area contributed by atoms with Crippen LogP contribution in [0, 0.1) is 6.92 Å². The van der Waals surface area contributed by atoms with Crippen LogP contribution in [0.25, 0.3) is 0 Å². The van der Waals surface area contributed by atoms with E-state index in [9.17, 15) is 9.59 Å². The number of rotatable bonds is 5. The maximum absolute atomic E-state index is 11.9. The molecule has 0 aliphatic carbocycles. The van der Waals surface area contributed by atoms with Gasteiger partial charge in [0, 0.05) is 4.47 Å². The highest BCUT2D eigenvalue weighted by Gasteiger charge is 2.14. The quantitative estimate of drug-likeness (QED) is 0.443. The third kappa shape index (κ3) is 4.81. The highest BCUT2D eigenvalue weighted by Crippen LogP contribution is 2.32. The van der Waals surface area contributed by atoms with E-state index in [2.05, 4.69) is 47.8 Å². The van der Waals surface area contributed by atoms with Crippen LogP contribution >= 0.6 is 47.8 Å². The Kier molecular flexibility index (Phi) is 6.42. The minimum Gasteiger partial charge on any atom is -0.480 e. The molecule has 5 nitrogen and oxygen atoms in total. The molecule has 0 saturated carbocycles. The fourth-order valence-corrected chi connectivity index (χ4v) is 3.88. The molecule has 0 spiro atoms. The van der Waals surface area contributed by atoms with Gasteiger partial charge in [0.1, 0.15) is 11.5 Å². The number of carboxylic acids is 1. The summed E-state index contributed by atoms with van der Waals surface area (Å²) in [5.74, 6) is -0.892. The van der Waals surface area contributed by atoms with E-state index in [1.54, 1.807) is 0 Å². The van der Waals surface area contributed by atoms with Crippen molar-refractivity contribution in [3.05, 3.63) is 54.9 Å². The van der Waals surface area contributed by atoms with Crippen LogP contribution in [0.15, 0.2) is 43.7 Å². The van der Waals surface area contributed by atoms with Gasteiger partial charge in [-0.25, -0.2) is 9.59 Å². The lowest BCUT2D eigenvalue weighted by Gasteiger charge is -2.12. The molecular weight excluding hydrogens is 512 g/mol. The van der Waals surface area contributed by atoms with Crippen molar-refractivity contribution in [2.24, 2.45) is 0 Å². The first-order valence-electron chi connectivity index (χ1n) is 6.60. The lowest BCUT2D eigenvalue weighted by atomic mass is 10.2. The number of halogens is 3. The average molecular weight is 523 g/mol. The van der Waals surface area contributed by atoms with Crippen LogP contribution in [-0.2, 0) is 4.79 Å². The first kappa shape index (κ1) is 19.0. The van der Waals surface area contributed by atoms with Crippen molar-refractivity contribution in [1.82, 2.24) is 0 Å². The molecule has 8 heteroatoms. The molecule has 0 unspecified atom stereocenters. The van der Waals surface area contributed by atoms with Crippen LogP contribution < -0.4 is 9.47 Å². The van der Waals surface area contributed by atoms with Gasteiger partial charge in [0.15, 0.2) is 6.61 Å². The summed E-state index contributed by atoms with van der Waals surface area (Å²) in [4.78, 5) is 22.8. The lowest BCUT2D eigenvalue weighted by Crippen LogP contribution is -2.18. The van der Waals surface area contributed by atoms with Crippen molar-refractivity contribution in [2.45, 2.75) is 6.92 Å². The number of benzene rings is 2. The standard InChI is InChI=1S/C16H11Br3O5/c1-8-4-10(17)6-12(19)15(8)23-7-14(20)24-13-3-2-9(16(21)22)5-11(13)18/h2-6H,7H2,1H3,(H,21,22). The Morgan fingerprint density at radius 2 is 1.79 bits per heavy atom. The highest BCUT2D eigenvalue weighted by molar-refractivity contribution is 9.11. The Labute approximate surface area is 163 Å². The third-order valence-electron chi connectivity index (χ3n) is 2.93. The summed E-state index contributed by atoms with van der Waals surface area (Å²) in [6.07, 6.45) is 0. The summed E-state index contributed by atoms with van der Waals surface area (Å²) >= 11 is 9.93. The van der Waals surface area contributed by atoms with Gasteiger partial charge in [0.2, 0.25) is 0 Å². The van der Waals surface area contributed by atoms with E-state index < -0.39 is 11.9 Å². The molecule has 0 atom stereocenters. The molecule has 2 aromatic carbocycles. The van der Waals surface area contributed by atoms with Crippen LogP contribution in [0.1, 0.15) is 15.9 Å². The molecule has 0 bridgehead atoms. The van der Waals surface area contributed by atoms with E-state index in [0.717, 1.165) is 10.0 Å². The monoisotopic (exact) mass is 520 g/mol. The summed E-state index contributed by atoms with van der Waals surface area (Å²) in [5.41, 5.74) is 0.948. The predicted octanol–water partition coefficient (Wildman–Crippen LogP) is 4.97. The number of aryl methyl sites for hydroxylation is 1. The van der Waals surface area contributed by atoms with Crippen LogP contribution in [0.5, 0.6) is 11.5 Å². The number of carbonyl (C=O) groups is 2. The van der Waals surface area contributed by atoms with Crippen molar-refractivity contribution in [1.29, 1.82) is 0 Å². The molecule has 0 radical (unpaired) electrons. The number of esters is 1. The summed E-state index contributed by atoms with van der Waals surface area (Å²) in [5, 5.41) is 8.91. The number of hydrogen-bond donors (Lipinski definition) is 1. The zero-order chi connectivity index (χ0) is 17.9. The first-order valence-corrected chi connectivity index (χ1v) is 8.98. The fourth-order valence-electron chi connectivity index (χ4n) is 1.87. The molecule has 2 aromatic rings. The van der Waals surface area contributed by atoms with E-state index in [0.29, 0.717) is 14.7 Å². The minimum absolute atomic E-state index is 0.0901. The molecule has 0 heterocycles. The Morgan fingerprint density at radius 3 is 2.38 bits per heavy atom. The van der Waals surface area contributed by atoms with Gasteiger partial charge in [-0.3, -0.25) is 0 Å². The molecule has 0 fully saturated rings. The second-order valence-electron chi connectivity index (χ2n) is 4.75. The lowest BCUT2D eigenvalue weighted by molar-refractivity contribution is -0.136. The van der Waals surface area contributed by atoms with Gasteiger partial charge in [-0.2, -0.15) is 0 Å². The van der Waals surface area contributed by atoms with Gasteiger partial charge in [0.05, 0.1) is 14.5 Å². The van der Waals surface area contributed by atoms with Crippen LogP contribution in [0.4, 0.5) is 0 Å². The number of aromatic carboxylic acids is 1. The van der Waals surface area contributed by atoms with E-state index in [1.807, 2.05) is 19.1 Å². The van der Waals surface area contributed by atoms with Gasteiger partial charge in [-0.15, -0.1) is 0 Å². The molecule has 0 aromatic heterocycles. The van der Waals surface area contributed by atoms with Crippen molar-refractivity contribution in [3.8, 4) is 11.5 Å². The Balaban J connectivity index is 2.03. The Bertz CT molecular complexity index is 781. The van der Waals surface area contributed by atoms with Gasteiger partial charge < -0.3 is 14.6 Å². The SMILES string of the molecule is Cc1cc(Br)cc(Br)c1OCC(=O)Oc1ccc(C(=O)O)cc1Br.